The zero-order valence-electron chi connectivity index (χ0n) is 16.8. The number of rotatable bonds is 2. The van der Waals surface area contributed by atoms with Crippen molar-refractivity contribution in [2.75, 3.05) is 0 Å². The van der Waals surface area contributed by atoms with Crippen LogP contribution in [0.15, 0.2) is 11.1 Å². The minimum absolute atomic E-state index is 0.271. The van der Waals surface area contributed by atoms with E-state index in [0.29, 0.717) is 23.2 Å². The zero-order chi connectivity index (χ0) is 18.6. The zero-order valence-corrected chi connectivity index (χ0v) is 16.8. The highest BCUT2D eigenvalue weighted by atomic mass is 16.6. The van der Waals surface area contributed by atoms with Gasteiger partial charge in [0.2, 0.25) is 0 Å². The predicted molar refractivity (Wildman–Crippen MR) is 101 cm³/mol. The first-order valence-electron chi connectivity index (χ1n) is 10.8. The number of fused-ring (bicyclic) bond motifs is 3. The maximum Gasteiger partial charge on any atom is 0.321 e. The van der Waals surface area contributed by atoms with Gasteiger partial charge < -0.3 is 4.74 Å². The molecule has 2 saturated carbocycles. The van der Waals surface area contributed by atoms with Crippen LogP contribution in [0.5, 0.6) is 0 Å². The number of hydrogen-bond donors (Lipinski definition) is 0. The van der Waals surface area contributed by atoms with E-state index in [1.165, 1.54) is 49.7 Å². The summed E-state index contributed by atoms with van der Waals surface area (Å²) in [5.41, 5.74) is 3.24. The van der Waals surface area contributed by atoms with Crippen LogP contribution < -0.4 is 0 Å². The molecule has 1 saturated heterocycles. The molecule has 0 aromatic heterocycles. The molecule has 144 valence electrons. The molecule has 0 spiro atoms. The molecule has 0 aromatic rings. The lowest BCUT2D eigenvalue weighted by atomic mass is 9.50. The fraction of sp³-hybridized carbons (Fsp3) is 0.826. The Hall–Kier alpha value is -1.12. The van der Waals surface area contributed by atoms with E-state index in [1.54, 1.807) is 0 Å². The average Bonchev–Trinajstić information content (AvgIpc) is 2.91. The van der Waals surface area contributed by atoms with Gasteiger partial charge in [-0.15, -0.1) is 0 Å². The second kappa shape index (κ2) is 6.49. The lowest BCUT2D eigenvalue weighted by Gasteiger charge is -2.55. The van der Waals surface area contributed by atoms with E-state index in [9.17, 15) is 9.59 Å². The molecule has 5 atom stereocenters. The Morgan fingerprint density at radius 1 is 1.04 bits per heavy atom. The Morgan fingerprint density at radius 3 is 2.46 bits per heavy atom. The van der Waals surface area contributed by atoms with Crippen molar-refractivity contribution >= 4 is 11.9 Å². The highest BCUT2D eigenvalue weighted by molar-refractivity contribution is 5.96. The van der Waals surface area contributed by atoms with Crippen molar-refractivity contribution in [1.82, 2.24) is 0 Å². The summed E-state index contributed by atoms with van der Waals surface area (Å²) in [7, 11) is 0. The standard InChI is InChI=1S/C23H34O3/c1-13(2)14-7-8-15-16-6-5-11-23(3,4)19(16)10-9-17(15)21(14)18-12-20(24)26-22(18)25/h13,15-19H,5-12H2,1-4H3. The summed E-state index contributed by atoms with van der Waals surface area (Å²) in [5, 5.41) is 0. The van der Waals surface area contributed by atoms with Gasteiger partial charge in [-0.3, -0.25) is 9.59 Å². The third-order valence-corrected chi connectivity index (χ3v) is 8.19. The maximum atomic E-state index is 12.4. The van der Waals surface area contributed by atoms with E-state index in [0.717, 1.165) is 18.3 Å². The largest absolute Gasteiger partial charge is 0.393 e. The molecular weight excluding hydrogens is 324 g/mol. The molecule has 3 fully saturated rings. The lowest BCUT2D eigenvalue weighted by Crippen LogP contribution is -2.46. The highest BCUT2D eigenvalue weighted by Gasteiger charge is 2.52. The van der Waals surface area contributed by atoms with E-state index >= 15 is 0 Å². The first-order valence-corrected chi connectivity index (χ1v) is 10.8. The Kier molecular flexibility index (Phi) is 4.56. The van der Waals surface area contributed by atoms with Gasteiger partial charge in [0.25, 0.3) is 0 Å². The van der Waals surface area contributed by atoms with Crippen molar-refractivity contribution in [3.63, 3.8) is 0 Å². The van der Waals surface area contributed by atoms with Crippen LogP contribution >= 0.6 is 0 Å². The van der Waals surface area contributed by atoms with Crippen molar-refractivity contribution in [3.05, 3.63) is 11.1 Å². The third-order valence-electron chi connectivity index (χ3n) is 8.19. The molecule has 0 radical (unpaired) electrons. The third kappa shape index (κ3) is 2.86. The fourth-order valence-electron chi connectivity index (χ4n) is 7.07. The molecule has 0 bridgehead atoms. The SMILES string of the molecule is CC(C)C1=C(C2CC(=O)OC2=O)C2CCC3C(CCCC3(C)C)C2CC1. The molecule has 0 amide bonds. The number of carbonyl (C=O) groups is 2. The van der Waals surface area contributed by atoms with Gasteiger partial charge >= 0.3 is 11.9 Å². The van der Waals surface area contributed by atoms with Gasteiger partial charge in [0.15, 0.2) is 0 Å². The van der Waals surface area contributed by atoms with Gasteiger partial charge in [-0.25, -0.2) is 0 Å². The van der Waals surface area contributed by atoms with Crippen LogP contribution in [-0.2, 0) is 14.3 Å². The number of carbonyl (C=O) groups excluding carboxylic acids is 2. The molecule has 1 heterocycles. The van der Waals surface area contributed by atoms with Crippen molar-refractivity contribution in [1.29, 1.82) is 0 Å². The average molecular weight is 359 g/mol. The van der Waals surface area contributed by atoms with E-state index in [2.05, 4.69) is 27.7 Å². The van der Waals surface area contributed by atoms with E-state index in [1.807, 2.05) is 0 Å². The van der Waals surface area contributed by atoms with Crippen LogP contribution in [-0.4, -0.2) is 11.9 Å². The van der Waals surface area contributed by atoms with Crippen molar-refractivity contribution in [3.8, 4) is 0 Å². The van der Waals surface area contributed by atoms with Gasteiger partial charge in [0.1, 0.15) is 0 Å². The molecule has 3 heteroatoms. The Morgan fingerprint density at radius 2 is 1.81 bits per heavy atom. The summed E-state index contributed by atoms with van der Waals surface area (Å²) in [6.07, 6.45) is 9.18. The fourth-order valence-corrected chi connectivity index (χ4v) is 7.07. The molecule has 4 aliphatic rings. The van der Waals surface area contributed by atoms with Crippen LogP contribution in [0.3, 0.4) is 0 Å². The molecular formula is C23H34O3. The number of allylic oxidation sites excluding steroid dienone is 1. The Bertz CT molecular complexity index is 642. The maximum absolute atomic E-state index is 12.4. The Labute approximate surface area is 157 Å². The normalized spacial score (nSPS) is 39.7. The van der Waals surface area contributed by atoms with Gasteiger partial charge in [0, 0.05) is 0 Å². The molecule has 0 N–H and O–H groups in total. The first-order chi connectivity index (χ1) is 12.3. The highest BCUT2D eigenvalue weighted by Crippen LogP contribution is 2.59. The van der Waals surface area contributed by atoms with Gasteiger partial charge in [-0.05, 0) is 73.5 Å². The number of ether oxygens (including phenoxy) is 1. The van der Waals surface area contributed by atoms with Crippen LogP contribution in [0.1, 0.15) is 79.1 Å². The van der Waals surface area contributed by atoms with E-state index in [4.69, 9.17) is 4.74 Å². The van der Waals surface area contributed by atoms with Crippen LogP contribution in [0.25, 0.3) is 0 Å². The molecule has 3 nitrogen and oxygen atoms in total. The summed E-state index contributed by atoms with van der Waals surface area (Å²) in [5.74, 6) is 2.39. The number of esters is 2. The molecule has 3 aliphatic carbocycles. The topological polar surface area (TPSA) is 43.4 Å². The van der Waals surface area contributed by atoms with Crippen molar-refractivity contribution in [2.45, 2.75) is 79.1 Å². The van der Waals surface area contributed by atoms with Gasteiger partial charge in [0.05, 0.1) is 12.3 Å². The quantitative estimate of drug-likeness (QED) is 0.383. The lowest BCUT2D eigenvalue weighted by molar-refractivity contribution is -0.152. The number of cyclic esters (lactones) is 2. The second-order valence-corrected chi connectivity index (χ2v) is 10.2. The molecule has 26 heavy (non-hydrogen) atoms. The summed E-state index contributed by atoms with van der Waals surface area (Å²) in [6.45, 7) is 9.42. The van der Waals surface area contributed by atoms with Crippen LogP contribution in [0.2, 0.25) is 0 Å². The summed E-state index contributed by atoms with van der Waals surface area (Å²) in [6, 6.07) is 0. The number of hydrogen-bond acceptors (Lipinski definition) is 3. The van der Waals surface area contributed by atoms with Crippen molar-refractivity contribution in [2.24, 2.45) is 40.9 Å². The van der Waals surface area contributed by atoms with Gasteiger partial charge in [-0.2, -0.15) is 0 Å². The molecule has 4 rings (SSSR count). The summed E-state index contributed by atoms with van der Waals surface area (Å²) in [4.78, 5) is 24.2. The predicted octanol–water partition coefficient (Wildman–Crippen LogP) is 5.29. The minimum Gasteiger partial charge on any atom is -0.393 e. The minimum atomic E-state index is -0.329. The van der Waals surface area contributed by atoms with Crippen molar-refractivity contribution < 1.29 is 14.3 Å². The Balaban J connectivity index is 1.70. The first kappa shape index (κ1) is 18.3. The molecule has 1 aliphatic heterocycles. The second-order valence-electron chi connectivity index (χ2n) is 10.2. The molecule has 0 aromatic carbocycles. The van der Waals surface area contributed by atoms with Gasteiger partial charge in [-0.1, -0.05) is 45.3 Å². The van der Waals surface area contributed by atoms with Crippen LogP contribution in [0.4, 0.5) is 0 Å². The van der Waals surface area contributed by atoms with E-state index in [-0.39, 0.29) is 24.3 Å². The van der Waals surface area contributed by atoms with Crippen LogP contribution in [0, 0.1) is 40.9 Å². The monoisotopic (exact) mass is 358 g/mol. The summed E-state index contributed by atoms with van der Waals surface area (Å²) >= 11 is 0. The van der Waals surface area contributed by atoms with E-state index < -0.39 is 0 Å². The smallest absolute Gasteiger partial charge is 0.321 e. The molecule has 5 unspecified atom stereocenters. The summed E-state index contributed by atoms with van der Waals surface area (Å²) < 4.78 is 4.96.